The molecule has 3 N–H and O–H groups in total. The van der Waals surface area contributed by atoms with Crippen molar-refractivity contribution in [3.05, 3.63) is 41.6 Å². The molecule has 1 saturated heterocycles. The fourth-order valence-electron chi connectivity index (χ4n) is 4.17. The Morgan fingerprint density at radius 2 is 1.97 bits per heavy atom. The third-order valence-electron chi connectivity index (χ3n) is 5.36. The predicted octanol–water partition coefficient (Wildman–Crippen LogP) is 2.81. The van der Waals surface area contributed by atoms with Crippen molar-refractivity contribution in [3.63, 3.8) is 0 Å². The van der Waals surface area contributed by atoms with Crippen LogP contribution >= 0.6 is 0 Å². The highest BCUT2D eigenvalue weighted by Gasteiger charge is 2.24. The van der Waals surface area contributed by atoms with Crippen molar-refractivity contribution in [2.24, 2.45) is 16.8 Å². The van der Waals surface area contributed by atoms with Gasteiger partial charge in [0.25, 0.3) is 0 Å². The molecule has 0 radical (unpaired) electrons. The predicted molar refractivity (Wildman–Crippen MR) is 117 cm³/mol. The number of para-hydroxylation sites is 1. The lowest BCUT2D eigenvalue weighted by Gasteiger charge is -2.37. The standard InChI is InChI=1S/C22H31N7/c1-16-12-17(2)15-28(14-16)22(25-3)26-11-7-10-20-19(13-23)21(24)29(27-20)18-8-5-4-6-9-18/h4-6,8-9,16-17H,7,10-12,14-15,24H2,1-3H3,(H,25,26). The molecule has 0 saturated carbocycles. The van der Waals surface area contributed by atoms with Crippen molar-refractivity contribution in [2.45, 2.75) is 33.1 Å². The summed E-state index contributed by atoms with van der Waals surface area (Å²) in [6.45, 7) is 7.45. The van der Waals surface area contributed by atoms with E-state index in [0.717, 1.165) is 43.4 Å². The van der Waals surface area contributed by atoms with Crippen LogP contribution in [0, 0.1) is 23.2 Å². The van der Waals surface area contributed by atoms with E-state index in [4.69, 9.17) is 5.73 Å². The molecule has 154 valence electrons. The van der Waals surface area contributed by atoms with E-state index in [0.29, 0.717) is 29.6 Å². The Kier molecular flexibility index (Phi) is 6.76. The van der Waals surface area contributed by atoms with Gasteiger partial charge in [-0.25, -0.2) is 4.68 Å². The van der Waals surface area contributed by atoms with E-state index in [1.807, 2.05) is 37.4 Å². The van der Waals surface area contributed by atoms with Crippen LogP contribution in [0.15, 0.2) is 35.3 Å². The molecule has 0 spiro atoms. The van der Waals surface area contributed by atoms with Crippen LogP contribution in [0.5, 0.6) is 0 Å². The van der Waals surface area contributed by atoms with Gasteiger partial charge < -0.3 is 16.0 Å². The third kappa shape index (κ3) is 4.89. The van der Waals surface area contributed by atoms with Gasteiger partial charge in [-0.3, -0.25) is 4.99 Å². The molecule has 2 aromatic rings. The van der Waals surface area contributed by atoms with Gasteiger partial charge in [-0.05, 0) is 43.2 Å². The largest absolute Gasteiger partial charge is 0.382 e. The molecule has 2 atom stereocenters. The zero-order chi connectivity index (χ0) is 20.8. The highest BCUT2D eigenvalue weighted by Crippen LogP contribution is 2.22. The van der Waals surface area contributed by atoms with Crippen LogP contribution in [-0.2, 0) is 6.42 Å². The summed E-state index contributed by atoms with van der Waals surface area (Å²) in [7, 11) is 1.84. The number of aryl methyl sites for hydroxylation is 1. The van der Waals surface area contributed by atoms with Crippen molar-refractivity contribution >= 4 is 11.8 Å². The van der Waals surface area contributed by atoms with Gasteiger partial charge >= 0.3 is 0 Å². The van der Waals surface area contributed by atoms with Crippen LogP contribution in [0.3, 0.4) is 0 Å². The maximum absolute atomic E-state index is 9.54. The van der Waals surface area contributed by atoms with Crippen LogP contribution in [0.4, 0.5) is 5.82 Å². The highest BCUT2D eigenvalue weighted by atomic mass is 15.3. The number of hydrogen-bond donors (Lipinski definition) is 2. The number of rotatable bonds is 5. The van der Waals surface area contributed by atoms with E-state index >= 15 is 0 Å². The minimum Gasteiger partial charge on any atom is -0.382 e. The first-order chi connectivity index (χ1) is 14.0. The average molecular weight is 394 g/mol. The Bertz CT molecular complexity index is 869. The van der Waals surface area contributed by atoms with E-state index in [1.54, 1.807) is 4.68 Å². The summed E-state index contributed by atoms with van der Waals surface area (Å²) in [5.74, 6) is 2.72. The Morgan fingerprint density at radius 3 is 2.59 bits per heavy atom. The Balaban J connectivity index is 1.60. The summed E-state index contributed by atoms with van der Waals surface area (Å²) in [5, 5.41) is 17.6. The van der Waals surface area contributed by atoms with E-state index in [1.165, 1.54) is 6.42 Å². The number of benzene rings is 1. The van der Waals surface area contributed by atoms with Crippen LogP contribution < -0.4 is 11.1 Å². The summed E-state index contributed by atoms with van der Waals surface area (Å²) < 4.78 is 1.65. The van der Waals surface area contributed by atoms with E-state index < -0.39 is 0 Å². The fourth-order valence-corrected chi connectivity index (χ4v) is 4.17. The number of nitrogen functional groups attached to an aromatic ring is 1. The van der Waals surface area contributed by atoms with Crippen molar-refractivity contribution in [1.29, 1.82) is 5.26 Å². The number of aromatic nitrogens is 2. The molecule has 0 aliphatic carbocycles. The molecule has 2 heterocycles. The topological polar surface area (TPSA) is 95.3 Å². The van der Waals surface area contributed by atoms with Gasteiger partial charge in [-0.2, -0.15) is 10.4 Å². The first-order valence-corrected chi connectivity index (χ1v) is 10.3. The minimum absolute atomic E-state index is 0.397. The normalized spacial score (nSPS) is 19.8. The summed E-state index contributed by atoms with van der Waals surface area (Å²) >= 11 is 0. The molecule has 3 rings (SSSR count). The summed E-state index contributed by atoms with van der Waals surface area (Å²) in [6.07, 6.45) is 2.80. The Hall–Kier alpha value is -3.01. The molecular weight excluding hydrogens is 362 g/mol. The fraction of sp³-hybridized carbons (Fsp3) is 0.500. The van der Waals surface area contributed by atoms with Crippen LogP contribution in [0.1, 0.15) is 37.9 Å². The Morgan fingerprint density at radius 1 is 1.28 bits per heavy atom. The number of nitrogens with one attached hydrogen (secondary N) is 1. The third-order valence-corrected chi connectivity index (χ3v) is 5.36. The monoisotopic (exact) mass is 393 g/mol. The molecule has 1 fully saturated rings. The van der Waals surface area contributed by atoms with Crippen molar-refractivity contribution in [3.8, 4) is 11.8 Å². The molecule has 0 amide bonds. The lowest BCUT2D eigenvalue weighted by atomic mass is 9.92. The van der Waals surface area contributed by atoms with Crippen molar-refractivity contribution < 1.29 is 0 Å². The maximum Gasteiger partial charge on any atom is 0.193 e. The lowest BCUT2D eigenvalue weighted by Crippen LogP contribution is -2.48. The zero-order valence-corrected chi connectivity index (χ0v) is 17.6. The second-order valence-corrected chi connectivity index (χ2v) is 7.99. The summed E-state index contributed by atoms with van der Waals surface area (Å²) in [6, 6.07) is 11.9. The van der Waals surface area contributed by atoms with Gasteiger partial charge in [0.2, 0.25) is 0 Å². The average Bonchev–Trinajstić information content (AvgIpc) is 3.03. The van der Waals surface area contributed by atoms with Crippen LogP contribution in [0.2, 0.25) is 0 Å². The molecule has 2 unspecified atom stereocenters. The number of guanidine groups is 1. The molecule has 7 nitrogen and oxygen atoms in total. The maximum atomic E-state index is 9.54. The number of anilines is 1. The number of aliphatic imine (C=N–C) groups is 1. The number of nitrogens with zero attached hydrogens (tertiary/aromatic N) is 5. The van der Waals surface area contributed by atoms with Gasteiger partial charge in [-0.15, -0.1) is 0 Å². The van der Waals surface area contributed by atoms with Gasteiger partial charge in [0.05, 0.1) is 11.4 Å². The summed E-state index contributed by atoms with van der Waals surface area (Å²) in [5.41, 5.74) is 8.25. The molecule has 1 aliphatic rings. The SMILES string of the molecule is CN=C(NCCCc1nn(-c2ccccc2)c(N)c1C#N)N1CC(C)CC(C)C1. The van der Waals surface area contributed by atoms with Crippen LogP contribution in [-0.4, -0.2) is 47.3 Å². The van der Waals surface area contributed by atoms with Gasteiger partial charge in [0.1, 0.15) is 17.5 Å². The van der Waals surface area contributed by atoms with Gasteiger partial charge in [0, 0.05) is 26.7 Å². The van der Waals surface area contributed by atoms with E-state index in [2.05, 4.69) is 40.2 Å². The number of nitriles is 1. The molecule has 29 heavy (non-hydrogen) atoms. The number of nitrogens with two attached hydrogens (primary N) is 1. The second-order valence-electron chi connectivity index (χ2n) is 7.99. The van der Waals surface area contributed by atoms with E-state index in [9.17, 15) is 5.26 Å². The number of likely N-dealkylation sites (tertiary alicyclic amines) is 1. The first kappa shape index (κ1) is 20.7. The van der Waals surface area contributed by atoms with Crippen molar-refractivity contribution in [2.75, 3.05) is 32.4 Å². The summed E-state index contributed by atoms with van der Waals surface area (Å²) in [4.78, 5) is 6.81. The minimum atomic E-state index is 0.397. The van der Waals surface area contributed by atoms with Crippen LogP contribution in [0.25, 0.3) is 5.69 Å². The molecule has 1 aliphatic heterocycles. The second kappa shape index (κ2) is 9.46. The first-order valence-electron chi connectivity index (χ1n) is 10.3. The number of piperidine rings is 1. The lowest BCUT2D eigenvalue weighted by molar-refractivity contribution is 0.208. The van der Waals surface area contributed by atoms with Gasteiger partial charge in [-0.1, -0.05) is 32.0 Å². The van der Waals surface area contributed by atoms with E-state index in [-0.39, 0.29) is 0 Å². The van der Waals surface area contributed by atoms with Crippen molar-refractivity contribution in [1.82, 2.24) is 20.0 Å². The molecular formula is C22H31N7. The molecule has 1 aromatic carbocycles. The molecule has 1 aromatic heterocycles. The molecule has 0 bridgehead atoms. The number of hydrogen-bond acceptors (Lipinski definition) is 4. The highest BCUT2D eigenvalue weighted by molar-refractivity contribution is 5.80. The quantitative estimate of drug-likeness (QED) is 0.463. The zero-order valence-electron chi connectivity index (χ0n) is 17.6. The molecule has 7 heteroatoms. The van der Waals surface area contributed by atoms with Gasteiger partial charge in [0.15, 0.2) is 5.96 Å². The Labute approximate surface area is 173 Å². The smallest absolute Gasteiger partial charge is 0.193 e.